The van der Waals surface area contributed by atoms with E-state index in [9.17, 15) is 9.90 Å². The summed E-state index contributed by atoms with van der Waals surface area (Å²) in [7, 11) is 0. The zero-order chi connectivity index (χ0) is 14.4. The van der Waals surface area contributed by atoms with E-state index < -0.39 is 0 Å². The fraction of sp³-hybridized carbons (Fsp3) is 0.938. The van der Waals surface area contributed by atoms with Crippen LogP contribution < -0.4 is 10.6 Å². The molecular formula is C16H30N2O2. The summed E-state index contributed by atoms with van der Waals surface area (Å²) in [5.74, 6) is 0.524. The highest BCUT2D eigenvalue weighted by Gasteiger charge is 2.28. The van der Waals surface area contributed by atoms with Crippen LogP contribution in [0.5, 0.6) is 0 Å². The predicted molar refractivity (Wildman–Crippen MR) is 80.4 cm³/mol. The molecule has 2 atom stereocenters. The van der Waals surface area contributed by atoms with Crippen LogP contribution in [-0.2, 0) is 4.79 Å². The Morgan fingerprint density at radius 1 is 1.00 bits per heavy atom. The first-order valence-electron chi connectivity index (χ1n) is 8.33. The molecule has 0 radical (unpaired) electrons. The lowest BCUT2D eigenvalue weighted by Crippen LogP contribution is -2.47. The first-order valence-corrected chi connectivity index (χ1v) is 8.33. The highest BCUT2D eigenvalue weighted by molar-refractivity contribution is 5.73. The number of carbonyl (C=O) groups is 1. The van der Waals surface area contributed by atoms with Crippen LogP contribution in [-0.4, -0.2) is 35.7 Å². The van der Waals surface area contributed by atoms with E-state index in [2.05, 4.69) is 10.6 Å². The molecule has 1 amide bonds. The van der Waals surface area contributed by atoms with Crippen LogP contribution >= 0.6 is 0 Å². The van der Waals surface area contributed by atoms with Gasteiger partial charge < -0.3 is 15.7 Å². The molecule has 0 spiro atoms. The Labute approximate surface area is 122 Å². The second-order valence-electron chi connectivity index (χ2n) is 6.60. The molecule has 4 heteroatoms. The summed E-state index contributed by atoms with van der Waals surface area (Å²) in [4.78, 5) is 11.1. The van der Waals surface area contributed by atoms with Crippen LogP contribution in [0.25, 0.3) is 0 Å². The number of aliphatic hydroxyl groups is 1. The smallest absolute Gasteiger partial charge is 0.217 e. The highest BCUT2D eigenvalue weighted by Crippen LogP contribution is 2.26. The van der Waals surface area contributed by atoms with Gasteiger partial charge in [0.15, 0.2) is 0 Å². The summed E-state index contributed by atoms with van der Waals surface area (Å²) >= 11 is 0. The Hall–Kier alpha value is -0.610. The number of aliphatic hydroxyl groups excluding tert-OH is 1. The summed E-state index contributed by atoms with van der Waals surface area (Å²) in [5, 5.41) is 16.4. The molecule has 0 aromatic heterocycles. The summed E-state index contributed by atoms with van der Waals surface area (Å²) in [6, 6.07) is 1.43. The molecule has 4 nitrogen and oxygen atoms in total. The van der Waals surface area contributed by atoms with E-state index in [0.717, 1.165) is 32.1 Å². The van der Waals surface area contributed by atoms with Gasteiger partial charge in [-0.05, 0) is 44.4 Å². The van der Waals surface area contributed by atoms with Gasteiger partial charge in [-0.1, -0.05) is 19.3 Å². The van der Waals surface area contributed by atoms with Crippen molar-refractivity contribution in [3.8, 4) is 0 Å². The number of hydrogen-bond donors (Lipinski definition) is 3. The Balaban J connectivity index is 1.77. The number of rotatable bonds is 4. The van der Waals surface area contributed by atoms with Crippen molar-refractivity contribution in [1.82, 2.24) is 10.6 Å². The Kier molecular flexibility index (Phi) is 6.30. The van der Waals surface area contributed by atoms with Gasteiger partial charge in [-0.25, -0.2) is 0 Å². The molecule has 2 fully saturated rings. The molecule has 0 heterocycles. The molecular weight excluding hydrogens is 252 g/mol. The quantitative estimate of drug-likeness (QED) is 0.691. The molecule has 2 rings (SSSR count). The third-order valence-corrected chi connectivity index (χ3v) is 4.98. The molecule has 2 saturated carbocycles. The first-order chi connectivity index (χ1) is 9.69. The van der Waals surface area contributed by atoms with Gasteiger partial charge in [0.2, 0.25) is 5.91 Å². The molecule has 0 aromatic rings. The van der Waals surface area contributed by atoms with E-state index >= 15 is 0 Å². The minimum atomic E-state index is 0.0884. The lowest BCUT2D eigenvalue weighted by atomic mass is 9.88. The topological polar surface area (TPSA) is 61.4 Å². The normalized spacial score (nSPS) is 35.3. The van der Waals surface area contributed by atoms with Crippen LogP contribution in [0.15, 0.2) is 0 Å². The summed E-state index contributed by atoms with van der Waals surface area (Å²) < 4.78 is 0. The highest BCUT2D eigenvalue weighted by atomic mass is 16.3. The lowest BCUT2D eigenvalue weighted by molar-refractivity contribution is -0.119. The maximum absolute atomic E-state index is 11.1. The van der Waals surface area contributed by atoms with Gasteiger partial charge in [0.1, 0.15) is 0 Å². The molecule has 2 aliphatic rings. The standard InChI is InChI=1S/C16H30N2O2/c1-12(20)17-14-7-9-15(10-8-14)18-16-6-4-2-3-5-13(16)11-19/h13-16,18-19H,2-11H2,1H3,(H,17,20)/t13-,14?,15?,16-/m1/s1. The molecule has 0 aromatic carbocycles. The van der Waals surface area contributed by atoms with Crippen molar-refractivity contribution in [1.29, 1.82) is 0 Å². The lowest BCUT2D eigenvalue weighted by Gasteiger charge is -2.34. The molecule has 3 N–H and O–H groups in total. The summed E-state index contributed by atoms with van der Waals surface area (Å²) in [6.45, 7) is 1.92. The van der Waals surface area contributed by atoms with Gasteiger partial charge >= 0.3 is 0 Å². The largest absolute Gasteiger partial charge is 0.396 e. The monoisotopic (exact) mass is 282 g/mol. The van der Waals surface area contributed by atoms with Crippen molar-refractivity contribution >= 4 is 5.91 Å². The first kappa shape index (κ1) is 15.8. The molecule has 0 aliphatic heterocycles. The average molecular weight is 282 g/mol. The van der Waals surface area contributed by atoms with E-state index in [1.54, 1.807) is 6.92 Å². The molecule has 0 unspecified atom stereocenters. The Morgan fingerprint density at radius 2 is 1.65 bits per heavy atom. The fourth-order valence-electron chi connectivity index (χ4n) is 3.82. The van der Waals surface area contributed by atoms with Gasteiger partial charge in [-0.2, -0.15) is 0 Å². The third-order valence-electron chi connectivity index (χ3n) is 4.98. The van der Waals surface area contributed by atoms with E-state index in [0.29, 0.717) is 30.7 Å². The maximum atomic E-state index is 11.1. The summed E-state index contributed by atoms with van der Waals surface area (Å²) in [6.07, 6.45) is 10.7. The van der Waals surface area contributed by atoms with Crippen molar-refractivity contribution < 1.29 is 9.90 Å². The van der Waals surface area contributed by atoms with Gasteiger partial charge in [-0.15, -0.1) is 0 Å². The van der Waals surface area contributed by atoms with Crippen LogP contribution in [0.2, 0.25) is 0 Å². The predicted octanol–water partition coefficient (Wildman–Crippen LogP) is 1.96. The van der Waals surface area contributed by atoms with Gasteiger partial charge in [-0.3, -0.25) is 4.79 Å². The van der Waals surface area contributed by atoms with Crippen molar-refractivity contribution in [2.24, 2.45) is 5.92 Å². The van der Waals surface area contributed by atoms with Crippen LogP contribution in [0.3, 0.4) is 0 Å². The number of amides is 1. The van der Waals surface area contributed by atoms with Crippen molar-refractivity contribution in [2.75, 3.05) is 6.61 Å². The molecule has 20 heavy (non-hydrogen) atoms. The van der Waals surface area contributed by atoms with Gasteiger partial charge in [0.25, 0.3) is 0 Å². The van der Waals surface area contributed by atoms with E-state index in [1.165, 1.54) is 25.7 Å². The van der Waals surface area contributed by atoms with Crippen molar-refractivity contribution in [3.05, 3.63) is 0 Å². The van der Waals surface area contributed by atoms with Crippen molar-refractivity contribution in [2.45, 2.75) is 82.8 Å². The van der Waals surface area contributed by atoms with Crippen LogP contribution in [0.1, 0.15) is 64.7 Å². The zero-order valence-electron chi connectivity index (χ0n) is 12.7. The molecule has 116 valence electrons. The number of carbonyl (C=O) groups excluding carboxylic acids is 1. The van der Waals surface area contributed by atoms with Crippen LogP contribution in [0.4, 0.5) is 0 Å². The molecule has 0 saturated heterocycles. The van der Waals surface area contributed by atoms with E-state index in [-0.39, 0.29) is 5.91 Å². The average Bonchev–Trinajstić information content (AvgIpc) is 2.65. The van der Waals surface area contributed by atoms with E-state index in [4.69, 9.17) is 0 Å². The van der Waals surface area contributed by atoms with Gasteiger partial charge in [0.05, 0.1) is 0 Å². The van der Waals surface area contributed by atoms with E-state index in [1.807, 2.05) is 0 Å². The number of nitrogens with one attached hydrogen (secondary N) is 2. The molecule has 0 bridgehead atoms. The van der Waals surface area contributed by atoms with Crippen LogP contribution in [0, 0.1) is 5.92 Å². The van der Waals surface area contributed by atoms with Gasteiger partial charge in [0, 0.05) is 31.7 Å². The minimum Gasteiger partial charge on any atom is -0.396 e. The zero-order valence-corrected chi connectivity index (χ0v) is 12.7. The molecule has 2 aliphatic carbocycles. The minimum absolute atomic E-state index is 0.0884. The third kappa shape index (κ3) is 4.74. The second-order valence-corrected chi connectivity index (χ2v) is 6.60. The summed E-state index contributed by atoms with van der Waals surface area (Å²) in [5.41, 5.74) is 0. The Bertz CT molecular complexity index is 301. The van der Waals surface area contributed by atoms with Crippen molar-refractivity contribution in [3.63, 3.8) is 0 Å². The maximum Gasteiger partial charge on any atom is 0.217 e. The number of hydrogen-bond acceptors (Lipinski definition) is 3. The SMILES string of the molecule is CC(=O)NC1CCC(N[C@@H]2CCCCC[C@@H]2CO)CC1. The fourth-order valence-corrected chi connectivity index (χ4v) is 3.82. The second kappa shape index (κ2) is 7.99. The Morgan fingerprint density at radius 3 is 2.30 bits per heavy atom.